The van der Waals surface area contributed by atoms with Crippen molar-refractivity contribution in [2.24, 2.45) is 5.41 Å². The Labute approximate surface area is 116 Å². The topological polar surface area (TPSA) is 95.7 Å². The van der Waals surface area contributed by atoms with E-state index in [4.69, 9.17) is 4.52 Å². The lowest BCUT2D eigenvalue weighted by Gasteiger charge is -2.43. The number of hydrogen-bond acceptors (Lipinski definition) is 4. The van der Waals surface area contributed by atoms with Crippen molar-refractivity contribution in [3.63, 3.8) is 0 Å². The van der Waals surface area contributed by atoms with Gasteiger partial charge in [0.05, 0.1) is 12.7 Å². The molecule has 1 aromatic heterocycles. The molecule has 0 aliphatic carbocycles. The third kappa shape index (κ3) is 2.92. The molecule has 1 aromatic rings. The fourth-order valence-electron chi connectivity index (χ4n) is 2.68. The molecular formula is C13H19N3O4. The lowest BCUT2D eigenvalue weighted by Crippen LogP contribution is -2.58. The molecule has 7 heteroatoms. The summed E-state index contributed by atoms with van der Waals surface area (Å²) in [5.74, 6) is -0.439. The monoisotopic (exact) mass is 281 g/mol. The molecule has 1 atom stereocenters. The van der Waals surface area contributed by atoms with Gasteiger partial charge in [0.15, 0.2) is 5.76 Å². The summed E-state index contributed by atoms with van der Waals surface area (Å²) in [7, 11) is 0. The predicted octanol–water partition coefficient (Wildman–Crippen LogP) is 1.46. The van der Waals surface area contributed by atoms with E-state index in [1.165, 1.54) is 11.1 Å². The summed E-state index contributed by atoms with van der Waals surface area (Å²) in [5, 5.41) is 15.6. The van der Waals surface area contributed by atoms with Crippen molar-refractivity contribution in [3.8, 4) is 0 Å². The SMILES string of the molecule is CC1(C)CCCN(C(=O)NCc2ccno2)C1C(=O)O. The number of rotatable bonds is 3. The molecule has 2 rings (SSSR count). The maximum atomic E-state index is 12.2. The number of amides is 2. The lowest BCUT2D eigenvalue weighted by molar-refractivity contribution is -0.148. The van der Waals surface area contributed by atoms with E-state index >= 15 is 0 Å². The Morgan fingerprint density at radius 2 is 2.35 bits per heavy atom. The second-order valence-corrected chi connectivity index (χ2v) is 5.66. The molecule has 0 radical (unpaired) electrons. The first-order valence-corrected chi connectivity index (χ1v) is 6.58. The highest BCUT2D eigenvalue weighted by Gasteiger charge is 2.44. The molecule has 2 amide bonds. The van der Waals surface area contributed by atoms with Crippen molar-refractivity contribution in [1.82, 2.24) is 15.4 Å². The van der Waals surface area contributed by atoms with E-state index in [0.717, 1.165) is 12.8 Å². The smallest absolute Gasteiger partial charge is 0.327 e. The van der Waals surface area contributed by atoms with Gasteiger partial charge in [0.1, 0.15) is 6.04 Å². The fourth-order valence-corrected chi connectivity index (χ4v) is 2.68. The van der Waals surface area contributed by atoms with E-state index in [-0.39, 0.29) is 12.6 Å². The van der Waals surface area contributed by atoms with Crippen LogP contribution in [0, 0.1) is 5.41 Å². The van der Waals surface area contributed by atoms with E-state index in [1.54, 1.807) is 6.07 Å². The van der Waals surface area contributed by atoms with Crippen molar-refractivity contribution in [1.29, 1.82) is 0 Å². The summed E-state index contributed by atoms with van der Waals surface area (Å²) < 4.78 is 4.89. The first-order valence-electron chi connectivity index (χ1n) is 6.58. The largest absolute Gasteiger partial charge is 0.480 e. The highest BCUT2D eigenvalue weighted by Crippen LogP contribution is 2.35. The van der Waals surface area contributed by atoms with Gasteiger partial charge in [0, 0.05) is 12.6 Å². The minimum Gasteiger partial charge on any atom is -0.480 e. The number of aromatic nitrogens is 1. The second-order valence-electron chi connectivity index (χ2n) is 5.66. The summed E-state index contributed by atoms with van der Waals surface area (Å²) in [6.45, 7) is 4.40. The Balaban J connectivity index is 2.04. The average Bonchev–Trinajstić information content (AvgIpc) is 2.86. The van der Waals surface area contributed by atoms with Crippen LogP contribution in [0.5, 0.6) is 0 Å². The van der Waals surface area contributed by atoms with Gasteiger partial charge in [-0.05, 0) is 18.3 Å². The van der Waals surface area contributed by atoms with Crippen LogP contribution in [0.2, 0.25) is 0 Å². The molecule has 0 spiro atoms. The molecule has 7 nitrogen and oxygen atoms in total. The van der Waals surface area contributed by atoms with E-state index in [1.807, 2.05) is 13.8 Å². The molecule has 0 bridgehead atoms. The van der Waals surface area contributed by atoms with E-state index in [2.05, 4.69) is 10.5 Å². The highest BCUT2D eigenvalue weighted by atomic mass is 16.5. The first-order chi connectivity index (χ1) is 9.42. The van der Waals surface area contributed by atoms with Crippen LogP contribution in [-0.2, 0) is 11.3 Å². The number of aliphatic carboxylic acids is 1. The van der Waals surface area contributed by atoms with E-state index in [0.29, 0.717) is 12.3 Å². The maximum absolute atomic E-state index is 12.2. The number of carbonyl (C=O) groups excluding carboxylic acids is 1. The molecule has 1 aliphatic heterocycles. The van der Waals surface area contributed by atoms with Crippen molar-refractivity contribution in [2.45, 2.75) is 39.3 Å². The van der Waals surface area contributed by atoms with Crippen LogP contribution < -0.4 is 5.32 Å². The maximum Gasteiger partial charge on any atom is 0.327 e. The number of carbonyl (C=O) groups is 2. The number of piperidine rings is 1. The highest BCUT2D eigenvalue weighted by molar-refractivity contribution is 5.83. The number of nitrogens with one attached hydrogen (secondary N) is 1. The Morgan fingerprint density at radius 3 is 2.95 bits per heavy atom. The lowest BCUT2D eigenvalue weighted by atomic mass is 9.76. The zero-order chi connectivity index (χ0) is 14.8. The van der Waals surface area contributed by atoms with Crippen molar-refractivity contribution in [3.05, 3.63) is 18.0 Å². The average molecular weight is 281 g/mol. The molecule has 0 saturated carbocycles. The fraction of sp³-hybridized carbons (Fsp3) is 0.615. The number of carboxylic acids is 1. The normalized spacial score (nSPS) is 21.5. The van der Waals surface area contributed by atoms with E-state index < -0.39 is 17.4 Å². The molecule has 2 heterocycles. The molecule has 110 valence electrons. The molecule has 1 fully saturated rings. The summed E-state index contributed by atoms with van der Waals surface area (Å²) in [5.41, 5.74) is -0.437. The number of carboxylic acid groups (broad SMARTS) is 1. The van der Waals surface area contributed by atoms with Crippen molar-refractivity contribution < 1.29 is 19.2 Å². The third-order valence-electron chi connectivity index (χ3n) is 3.67. The molecule has 1 aliphatic rings. The third-order valence-corrected chi connectivity index (χ3v) is 3.67. The van der Waals surface area contributed by atoms with Gasteiger partial charge in [-0.3, -0.25) is 0 Å². The van der Waals surface area contributed by atoms with Crippen LogP contribution in [0.15, 0.2) is 16.8 Å². The van der Waals surface area contributed by atoms with Crippen LogP contribution in [0.4, 0.5) is 4.79 Å². The number of urea groups is 1. The molecule has 1 unspecified atom stereocenters. The van der Waals surface area contributed by atoms with Gasteiger partial charge >= 0.3 is 12.0 Å². The Morgan fingerprint density at radius 1 is 1.60 bits per heavy atom. The summed E-state index contributed by atoms with van der Waals surface area (Å²) in [4.78, 5) is 25.0. The zero-order valence-electron chi connectivity index (χ0n) is 11.6. The summed E-state index contributed by atoms with van der Waals surface area (Å²) in [6, 6.07) is 0.447. The van der Waals surface area contributed by atoms with Gasteiger partial charge in [0.25, 0.3) is 0 Å². The Hall–Kier alpha value is -2.05. The number of nitrogens with zero attached hydrogens (tertiary/aromatic N) is 2. The Bertz CT molecular complexity index is 484. The second kappa shape index (κ2) is 5.52. The summed E-state index contributed by atoms with van der Waals surface area (Å²) >= 11 is 0. The van der Waals surface area contributed by atoms with Crippen LogP contribution in [-0.4, -0.2) is 39.8 Å². The van der Waals surface area contributed by atoms with Crippen molar-refractivity contribution >= 4 is 12.0 Å². The van der Waals surface area contributed by atoms with Crippen LogP contribution >= 0.6 is 0 Å². The number of hydrogen-bond donors (Lipinski definition) is 2. The van der Waals surface area contributed by atoms with Gasteiger partial charge in [-0.2, -0.15) is 0 Å². The quantitative estimate of drug-likeness (QED) is 0.874. The summed E-state index contributed by atoms with van der Waals surface area (Å²) in [6.07, 6.45) is 3.08. The minimum atomic E-state index is -0.968. The van der Waals surface area contributed by atoms with Gasteiger partial charge in [-0.1, -0.05) is 19.0 Å². The van der Waals surface area contributed by atoms with Crippen molar-refractivity contribution in [2.75, 3.05) is 6.54 Å². The molecule has 20 heavy (non-hydrogen) atoms. The van der Waals surface area contributed by atoms with Gasteiger partial charge in [-0.25, -0.2) is 9.59 Å². The van der Waals surface area contributed by atoms with Gasteiger partial charge < -0.3 is 19.8 Å². The van der Waals surface area contributed by atoms with Gasteiger partial charge in [0.2, 0.25) is 0 Å². The van der Waals surface area contributed by atoms with Gasteiger partial charge in [-0.15, -0.1) is 0 Å². The first kappa shape index (κ1) is 14.4. The standard InChI is InChI=1S/C13H19N3O4/c1-13(2)5-3-7-16(10(13)11(17)18)12(19)14-8-9-4-6-15-20-9/h4,6,10H,3,5,7-8H2,1-2H3,(H,14,19)(H,17,18). The predicted molar refractivity (Wildman–Crippen MR) is 69.9 cm³/mol. The molecule has 2 N–H and O–H groups in total. The number of likely N-dealkylation sites (tertiary alicyclic amines) is 1. The minimum absolute atomic E-state index is 0.197. The van der Waals surface area contributed by atoms with Crippen LogP contribution in [0.25, 0.3) is 0 Å². The molecule has 1 saturated heterocycles. The molecular weight excluding hydrogens is 262 g/mol. The van der Waals surface area contributed by atoms with E-state index in [9.17, 15) is 14.7 Å². The Kier molecular flexibility index (Phi) is 3.96. The van der Waals surface area contributed by atoms with Crippen LogP contribution in [0.1, 0.15) is 32.4 Å². The zero-order valence-corrected chi connectivity index (χ0v) is 11.6. The molecule has 0 aromatic carbocycles. The van der Waals surface area contributed by atoms with Crippen LogP contribution in [0.3, 0.4) is 0 Å².